The first-order valence-corrected chi connectivity index (χ1v) is 15.8. The van der Waals surface area contributed by atoms with E-state index in [1.165, 1.54) is 11.3 Å². The molecule has 0 bridgehead atoms. The van der Waals surface area contributed by atoms with Gasteiger partial charge in [0, 0.05) is 46.9 Å². The molecule has 0 saturated heterocycles. The number of aromatic nitrogens is 2. The molecule has 43 heavy (non-hydrogen) atoms. The average molecular weight is 611 g/mol. The number of nitrogens with two attached hydrogens (primary N) is 1. The van der Waals surface area contributed by atoms with E-state index in [9.17, 15) is 9.59 Å². The number of hydrogen-bond donors (Lipinski definition) is 3. The predicted molar refractivity (Wildman–Crippen MR) is 179 cm³/mol. The van der Waals surface area contributed by atoms with Gasteiger partial charge in [-0.25, -0.2) is 0 Å². The number of nitrogens with zero attached hydrogens (tertiary/aromatic N) is 2. The molecule has 4 heterocycles. The number of carbonyl (C=O) groups excluding carboxylic acids is 1. The number of carbonyl (C=O) groups is 2. The second-order valence-corrected chi connectivity index (χ2v) is 11.3. The highest BCUT2D eigenvalue weighted by Gasteiger charge is 2.19. The number of rotatable bonds is 7. The lowest BCUT2D eigenvalue weighted by atomic mass is 9.98. The Kier molecular flexibility index (Phi) is 11.4. The van der Waals surface area contributed by atoms with Crippen molar-refractivity contribution < 1.29 is 14.7 Å². The zero-order chi connectivity index (χ0) is 30.6. The van der Waals surface area contributed by atoms with Crippen LogP contribution in [0.1, 0.15) is 49.7 Å². The molecule has 6 aromatic rings. The number of carboxylic acids is 1. The number of nitrogen functional groups attached to an aromatic ring is 1. The highest BCUT2D eigenvalue weighted by molar-refractivity contribution is 7.08. The van der Waals surface area contributed by atoms with Crippen LogP contribution in [0.25, 0.3) is 21.5 Å². The second-order valence-electron chi connectivity index (χ2n) is 9.78. The van der Waals surface area contributed by atoms with E-state index in [-0.39, 0.29) is 17.7 Å². The van der Waals surface area contributed by atoms with Crippen LogP contribution in [0, 0.1) is 0 Å². The Morgan fingerprint density at radius 2 is 1.33 bits per heavy atom. The van der Waals surface area contributed by atoms with Gasteiger partial charge in [-0.05, 0) is 105 Å². The minimum atomic E-state index is -0.731. The number of anilines is 2. The summed E-state index contributed by atoms with van der Waals surface area (Å²) in [4.78, 5) is 31.2. The summed E-state index contributed by atoms with van der Waals surface area (Å²) >= 11 is 3.16. The van der Waals surface area contributed by atoms with Gasteiger partial charge in [0.05, 0.1) is 11.8 Å². The first-order valence-electron chi connectivity index (χ1n) is 13.9. The van der Waals surface area contributed by atoms with Gasteiger partial charge < -0.3 is 16.2 Å². The summed E-state index contributed by atoms with van der Waals surface area (Å²) in [6, 6.07) is 19.4. The Bertz CT molecular complexity index is 1750. The molecule has 220 valence electrons. The van der Waals surface area contributed by atoms with Crippen molar-refractivity contribution in [2.75, 3.05) is 11.1 Å². The molecule has 7 nitrogen and oxygen atoms in total. The number of aliphatic carboxylic acids is 1. The summed E-state index contributed by atoms with van der Waals surface area (Å²) in [6.07, 6.45) is 8.62. The molecule has 1 amide bonds. The fourth-order valence-corrected chi connectivity index (χ4v) is 5.99. The fraction of sp³-hybridized carbons (Fsp3) is 0.176. The molecule has 0 saturated carbocycles. The highest BCUT2D eigenvalue weighted by Crippen LogP contribution is 2.25. The number of fused-ring (bicyclic) bond motifs is 2. The van der Waals surface area contributed by atoms with Crippen LogP contribution in [0.5, 0.6) is 0 Å². The molecule has 4 aromatic heterocycles. The molecular weight excluding hydrogens is 577 g/mol. The fourth-order valence-electron chi connectivity index (χ4n) is 4.56. The lowest BCUT2D eigenvalue weighted by molar-refractivity contribution is -0.138. The molecular formula is C34H34N4O3S2. The number of benzene rings is 2. The van der Waals surface area contributed by atoms with Crippen molar-refractivity contribution in [2.24, 2.45) is 0 Å². The van der Waals surface area contributed by atoms with E-state index in [0.29, 0.717) is 6.42 Å². The summed E-state index contributed by atoms with van der Waals surface area (Å²) in [7, 11) is 0. The number of hydrogen-bond acceptors (Lipinski definition) is 7. The van der Waals surface area contributed by atoms with Crippen molar-refractivity contribution in [1.82, 2.24) is 9.97 Å². The van der Waals surface area contributed by atoms with Gasteiger partial charge in [0.25, 0.3) is 0 Å². The van der Waals surface area contributed by atoms with Gasteiger partial charge in [-0.2, -0.15) is 22.7 Å². The zero-order valence-electron chi connectivity index (χ0n) is 24.0. The molecule has 0 aliphatic carbocycles. The van der Waals surface area contributed by atoms with Crippen molar-refractivity contribution in [2.45, 2.75) is 38.5 Å². The maximum atomic E-state index is 12.5. The van der Waals surface area contributed by atoms with E-state index in [2.05, 4.69) is 15.3 Å². The van der Waals surface area contributed by atoms with E-state index in [1.807, 2.05) is 108 Å². The maximum Gasteiger partial charge on any atom is 0.310 e. The minimum absolute atomic E-state index is 0.0457. The first kappa shape index (κ1) is 31.3. The minimum Gasteiger partial charge on any atom is -0.481 e. The van der Waals surface area contributed by atoms with E-state index in [4.69, 9.17) is 10.8 Å². The number of amides is 1. The summed E-state index contributed by atoms with van der Waals surface area (Å²) in [5, 5.41) is 24.0. The lowest BCUT2D eigenvalue weighted by Crippen LogP contribution is -2.20. The molecule has 0 fully saturated rings. The number of thiophene rings is 2. The number of pyridine rings is 2. The Morgan fingerprint density at radius 3 is 1.86 bits per heavy atom. The van der Waals surface area contributed by atoms with Gasteiger partial charge in [-0.3, -0.25) is 19.6 Å². The van der Waals surface area contributed by atoms with Crippen molar-refractivity contribution in [3.63, 3.8) is 0 Å². The molecule has 4 N–H and O–H groups in total. The Labute approximate surface area is 259 Å². The first-order chi connectivity index (χ1) is 20.9. The van der Waals surface area contributed by atoms with E-state index >= 15 is 0 Å². The molecule has 0 spiro atoms. The monoisotopic (exact) mass is 610 g/mol. The van der Waals surface area contributed by atoms with Crippen LogP contribution in [0.4, 0.5) is 11.4 Å². The van der Waals surface area contributed by atoms with Crippen LogP contribution in [0.15, 0.2) is 107 Å². The van der Waals surface area contributed by atoms with E-state index in [0.717, 1.165) is 50.5 Å². The van der Waals surface area contributed by atoms with Crippen LogP contribution >= 0.6 is 22.7 Å². The van der Waals surface area contributed by atoms with Crippen LogP contribution in [0.3, 0.4) is 0 Å². The molecule has 0 aliphatic heterocycles. The predicted octanol–water partition coefficient (Wildman–Crippen LogP) is 8.57. The third-order valence-electron chi connectivity index (χ3n) is 6.89. The van der Waals surface area contributed by atoms with Crippen LogP contribution in [0.2, 0.25) is 0 Å². The van der Waals surface area contributed by atoms with Crippen molar-refractivity contribution in [1.29, 1.82) is 0 Å². The van der Waals surface area contributed by atoms with Gasteiger partial charge in [0.1, 0.15) is 0 Å². The number of carboxylic acid groups (broad SMARTS) is 1. The molecule has 2 aromatic carbocycles. The third-order valence-corrected chi connectivity index (χ3v) is 8.30. The summed E-state index contributed by atoms with van der Waals surface area (Å²) in [6.45, 7) is 3.92. The molecule has 2 atom stereocenters. The van der Waals surface area contributed by atoms with Gasteiger partial charge in [-0.15, -0.1) is 0 Å². The van der Waals surface area contributed by atoms with Crippen molar-refractivity contribution >= 4 is 67.5 Å². The molecule has 0 radical (unpaired) electrons. The average Bonchev–Trinajstić information content (AvgIpc) is 3.74. The SMILES string of the molecule is CCC(C(=O)Nc1ccc2cnccc2c1)c1ccsc1.CCC(C(=O)O)c1ccsc1.Nc1ccc2cnccc2c1. The van der Waals surface area contributed by atoms with Gasteiger partial charge in [0.15, 0.2) is 0 Å². The largest absolute Gasteiger partial charge is 0.481 e. The summed E-state index contributed by atoms with van der Waals surface area (Å²) in [5.74, 6) is -1.10. The quantitative estimate of drug-likeness (QED) is 0.156. The van der Waals surface area contributed by atoms with Gasteiger partial charge >= 0.3 is 5.97 Å². The number of nitrogens with one attached hydrogen (secondary N) is 1. The van der Waals surface area contributed by atoms with Gasteiger partial charge in [-0.1, -0.05) is 26.0 Å². The lowest BCUT2D eigenvalue weighted by Gasteiger charge is -2.14. The second kappa shape index (κ2) is 15.6. The van der Waals surface area contributed by atoms with Crippen LogP contribution in [-0.4, -0.2) is 27.0 Å². The Morgan fingerprint density at radius 1 is 0.767 bits per heavy atom. The molecule has 9 heteroatoms. The Hall–Kier alpha value is -4.60. The molecule has 2 unspecified atom stereocenters. The molecule has 0 aliphatic rings. The van der Waals surface area contributed by atoms with Crippen LogP contribution in [-0.2, 0) is 9.59 Å². The van der Waals surface area contributed by atoms with Crippen molar-refractivity contribution in [3.8, 4) is 0 Å². The summed E-state index contributed by atoms with van der Waals surface area (Å²) < 4.78 is 0. The van der Waals surface area contributed by atoms with Gasteiger partial charge in [0.2, 0.25) is 5.91 Å². The normalized spacial score (nSPS) is 11.9. The van der Waals surface area contributed by atoms with E-state index in [1.54, 1.807) is 23.7 Å². The third kappa shape index (κ3) is 8.70. The zero-order valence-corrected chi connectivity index (χ0v) is 25.6. The van der Waals surface area contributed by atoms with Crippen molar-refractivity contribution in [3.05, 3.63) is 118 Å². The van der Waals surface area contributed by atoms with Crippen LogP contribution < -0.4 is 11.1 Å². The maximum absolute atomic E-state index is 12.5. The van der Waals surface area contributed by atoms with E-state index < -0.39 is 5.97 Å². The summed E-state index contributed by atoms with van der Waals surface area (Å²) in [5.41, 5.74) is 9.23. The Balaban J connectivity index is 0.000000162. The highest BCUT2D eigenvalue weighted by atomic mass is 32.1. The molecule has 6 rings (SSSR count). The standard InChI is InChI=1S/C17H16N2OS.C9H8N2.C8H10O2S/c1-2-16(14-6-8-21-11-14)17(20)19-15-4-3-13-10-18-7-5-12(13)9-15;10-9-2-1-8-6-11-4-3-7(8)5-9;1-2-7(8(9)10)6-3-4-11-5-6/h3-11,16H,2H2,1H3,(H,19,20);1-6H,10H2;3-5,7H,2H2,1H3,(H,9,10). The smallest absolute Gasteiger partial charge is 0.310 e. The topological polar surface area (TPSA) is 118 Å².